The Kier molecular flexibility index (Phi) is 6.41. The third kappa shape index (κ3) is 4.81. The van der Waals surface area contributed by atoms with Gasteiger partial charge in [0.1, 0.15) is 31.1 Å². The zero-order chi connectivity index (χ0) is 22.0. The maximum Gasteiger partial charge on any atom is 0.195 e. The van der Waals surface area contributed by atoms with Crippen molar-refractivity contribution in [2.24, 2.45) is 0 Å². The van der Waals surface area contributed by atoms with E-state index in [4.69, 9.17) is 17.0 Å². The molecule has 1 aromatic heterocycles. The Morgan fingerprint density at radius 3 is 2.61 bits per heavy atom. The second-order valence-electron chi connectivity index (χ2n) is 8.38. The second kappa shape index (κ2) is 9.21. The van der Waals surface area contributed by atoms with Crippen LogP contribution in [0.5, 0.6) is 11.5 Å². The predicted molar refractivity (Wildman–Crippen MR) is 121 cm³/mol. The highest BCUT2D eigenvalue weighted by atomic mass is 32.1. The topological polar surface area (TPSA) is 87.7 Å². The van der Waals surface area contributed by atoms with Crippen molar-refractivity contribution in [1.82, 2.24) is 14.8 Å². The van der Waals surface area contributed by atoms with Gasteiger partial charge in [-0.3, -0.25) is 9.67 Å². The zero-order valence-electron chi connectivity index (χ0n) is 17.9. The molecule has 1 saturated heterocycles. The molecule has 1 fully saturated rings. The minimum Gasteiger partial charge on any atom is -0.508 e. The predicted octanol–water partition coefficient (Wildman–Crippen LogP) is 2.61. The first-order chi connectivity index (χ1) is 14.9. The maximum absolute atomic E-state index is 10.5. The molecule has 164 valence electrons. The molecule has 4 N–H and O–H groups in total. The van der Waals surface area contributed by atoms with Crippen molar-refractivity contribution in [2.45, 2.75) is 32.9 Å². The average molecular weight is 442 g/mol. The highest BCUT2D eigenvalue weighted by Gasteiger charge is 2.19. The smallest absolute Gasteiger partial charge is 0.195 e. The third-order valence-corrected chi connectivity index (χ3v) is 6.06. The zero-order valence-corrected chi connectivity index (χ0v) is 18.7. The van der Waals surface area contributed by atoms with E-state index in [9.17, 15) is 10.2 Å². The molecule has 2 heterocycles. The SMILES string of the molecule is CC(C)c1cc(-c2n[nH]c(=S)n2Cc2cccc(C[NH+]3CCOCC3)c2)c(O)cc1O. The largest absolute Gasteiger partial charge is 0.508 e. The lowest BCUT2D eigenvalue weighted by atomic mass is 9.98. The maximum atomic E-state index is 10.5. The quantitative estimate of drug-likeness (QED) is 0.442. The Labute approximate surface area is 186 Å². The monoisotopic (exact) mass is 441 g/mol. The first-order valence-corrected chi connectivity index (χ1v) is 11.0. The number of phenolic OH excluding ortho intramolecular Hbond substituents is 2. The van der Waals surface area contributed by atoms with Crippen molar-refractivity contribution in [3.8, 4) is 22.9 Å². The summed E-state index contributed by atoms with van der Waals surface area (Å²) in [5.74, 6) is 0.708. The van der Waals surface area contributed by atoms with Gasteiger partial charge in [-0.25, -0.2) is 0 Å². The Balaban J connectivity index is 1.63. The molecule has 3 aromatic rings. The summed E-state index contributed by atoms with van der Waals surface area (Å²) < 4.78 is 7.82. The van der Waals surface area contributed by atoms with Gasteiger partial charge in [-0.05, 0) is 41.4 Å². The van der Waals surface area contributed by atoms with Gasteiger partial charge < -0.3 is 19.8 Å². The van der Waals surface area contributed by atoms with Gasteiger partial charge in [0.15, 0.2) is 10.6 Å². The number of nitrogens with one attached hydrogen (secondary N) is 2. The van der Waals surface area contributed by atoms with E-state index in [-0.39, 0.29) is 17.4 Å². The molecule has 0 radical (unpaired) electrons. The van der Waals surface area contributed by atoms with Crippen molar-refractivity contribution in [3.63, 3.8) is 0 Å². The molecule has 0 spiro atoms. The molecular formula is C23H29N4O3S+. The van der Waals surface area contributed by atoms with Crippen LogP contribution in [0.4, 0.5) is 0 Å². The molecule has 4 rings (SSSR count). The van der Waals surface area contributed by atoms with Gasteiger partial charge in [0.05, 0.1) is 25.3 Å². The van der Waals surface area contributed by atoms with E-state index in [0.717, 1.165) is 44.0 Å². The number of aromatic amines is 1. The summed E-state index contributed by atoms with van der Waals surface area (Å²) >= 11 is 5.48. The van der Waals surface area contributed by atoms with Crippen LogP contribution in [0.2, 0.25) is 0 Å². The lowest BCUT2D eigenvalue weighted by Crippen LogP contribution is -3.12. The molecule has 7 nitrogen and oxygen atoms in total. The Morgan fingerprint density at radius 1 is 1.13 bits per heavy atom. The molecule has 0 aliphatic carbocycles. The number of rotatable bonds is 6. The van der Waals surface area contributed by atoms with Crippen LogP contribution in [0.3, 0.4) is 0 Å². The van der Waals surface area contributed by atoms with Gasteiger partial charge in [0, 0.05) is 11.6 Å². The summed E-state index contributed by atoms with van der Waals surface area (Å²) in [5, 5.41) is 27.9. The minimum atomic E-state index is -0.0261. The second-order valence-corrected chi connectivity index (χ2v) is 8.77. The molecule has 0 bridgehead atoms. The van der Waals surface area contributed by atoms with Crippen LogP contribution < -0.4 is 4.90 Å². The van der Waals surface area contributed by atoms with Gasteiger partial charge in [0.2, 0.25) is 0 Å². The van der Waals surface area contributed by atoms with E-state index in [0.29, 0.717) is 22.7 Å². The number of morpholine rings is 1. The number of quaternary nitrogens is 1. The molecule has 0 saturated carbocycles. The number of aromatic hydroxyl groups is 2. The van der Waals surface area contributed by atoms with E-state index < -0.39 is 0 Å². The number of nitrogens with zero attached hydrogens (tertiary/aromatic N) is 2. The molecule has 1 aliphatic heterocycles. The molecular weight excluding hydrogens is 412 g/mol. The van der Waals surface area contributed by atoms with Crippen molar-refractivity contribution in [3.05, 3.63) is 57.9 Å². The van der Waals surface area contributed by atoms with E-state index in [1.165, 1.54) is 16.5 Å². The minimum absolute atomic E-state index is 0.0261. The van der Waals surface area contributed by atoms with Crippen molar-refractivity contribution in [1.29, 1.82) is 0 Å². The van der Waals surface area contributed by atoms with Crippen LogP contribution >= 0.6 is 12.2 Å². The first kappa shape index (κ1) is 21.5. The summed E-state index contributed by atoms with van der Waals surface area (Å²) in [6.45, 7) is 9.18. The Bertz CT molecular complexity index is 1120. The molecule has 1 aliphatic rings. The summed E-state index contributed by atoms with van der Waals surface area (Å²) in [5.41, 5.74) is 3.69. The number of hydrogen-bond donors (Lipinski definition) is 4. The molecule has 2 aromatic carbocycles. The number of hydrogen-bond acceptors (Lipinski definition) is 5. The van der Waals surface area contributed by atoms with Gasteiger partial charge in [-0.1, -0.05) is 32.0 Å². The normalized spacial score (nSPS) is 14.9. The molecule has 0 atom stereocenters. The van der Waals surface area contributed by atoms with E-state index in [1.807, 2.05) is 18.4 Å². The molecule has 0 amide bonds. The van der Waals surface area contributed by atoms with Crippen molar-refractivity contribution in [2.75, 3.05) is 26.3 Å². The van der Waals surface area contributed by atoms with Gasteiger partial charge in [-0.2, -0.15) is 5.10 Å². The van der Waals surface area contributed by atoms with Crippen LogP contribution in [0.25, 0.3) is 11.4 Å². The summed E-state index contributed by atoms with van der Waals surface area (Å²) in [6, 6.07) is 11.7. The fraction of sp³-hybridized carbons (Fsp3) is 0.391. The van der Waals surface area contributed by atoms with Crippen LogP contribution in [-0.4, -0.2) is 51.3 Å². The van der Waals surface area contributed by atoms with E-state index >= 15 is 0 Å². The number of benzene rings is 2. The lowest BCUT2D eigenvalue weighted by Gasteiger charge is -2.23. The average Bonchev–Trinajstić information content (AvgIpc) is 3.09. The highest BCUT2D eigenvalue weighted by Crippen LogP contribution is 2.37. The number of aromatic nitrogens is 3. The van der Waals surface area contributed by atoms with Crippen molar-refractivity contribution < 1.29 is 19.8 Å². The fourth-order valence-corrected chi connectivity index (χ4v) is 4.25. The van der Waals surface area contributed by atoms with E-state index in [1.54, 1.807) is 6.07 Å². The van der Waals surface area contributed by atoms with Crippen LogP contribution in [0, 0.1) is 4.77 Å². The molecule has 31 heavy (non-hydrogen) atoms. The fourth-order valence-electron chi connectivity index (χ4n) is 4.05. The van der Waals surface area contributed by atoms with Crippen LogP contribution in [0.1, 0.15) is 36.5 Å². The molecule has 0 unspecified atom stereocenters. The number of ether oxygens (including phenoxy) is 1. The standard InChI is InChI=1S/C23H28N4O3S/c1-15(2)18-11-19(21(29)12-20(18)28)22-24-25-23(31)27(22)14-17-5-3-4-16(10-17)13-26-6-8-30-9-7-26/h3-5,10-12,15,28-29H,6-9,13-14H2,1-2H3,(H,25,31)/p+1. The van der Waals surface area contributed by atoms with Gasteiger partial charge in [-0.15, -0.1) is 0 Å². The number of H-pyrrole nitrogens is 1. The van der Waals surface area contributed by atoms with Crippen LogP contribution in [0.15, 0.2) is 36.4 Å². The molecule has 8 heteroatoms. The van der Waals surface area contributed by atoms with Gasteiger partial charge in [0.25, 0.3) is 0 Å². The van der Waals surface area contributed by atoms with Crippen molar-refractivity contribution >= 4 is 12.2 Å². The highest BCUT2D eigenvalue weighted by molar-refractivity contribution is 7.71. The van der Waals surface area contributed by atoms with E-state index in [2.05, 4.69) is 34.5 Å². The first-order valence-electron chi connectivity index (χ1n) is 10.6. The van der Waals surface area contributed by atoms with Gasteiger partial charge >= 0.3 is 0 Å². The summed E-state index contributed by atoms with van der Waals surface area (Å²) in [4.78, 5) is 1.53. The van der Waals surface area contributed by atoms with Crippen LogP contribution in [-0.2, 0) is 17.8 Å². The Hall–Kier alpha value is -2.68. The number of phenols is 2. The Morgan fingerprint density at radius 2 is 1.87 bits per heavy atom. The summed E-state index contributed by atoms with van der Waals surface area (Å²) in [7, 11) is 0. The lowest BCUT2D eigenvalue weighted by molar-refractivity contribution is -0.921. The summed E-state index contributed by atoms with van der Waals surface area (Å²) in [6.07, 6.45) is 0. The third-order valence-electron chi connectivity index (χ3n) is 5.75.